The number of carbonyl (C=O) groups is 2. The van der Waals surface area contributed by atoms with Gasteiger partial charge in [-0.25, -0.2) is 0 Å². The maximum atomic E-state index is 11.5. The van der Waals surface area contributed by atoms with Crippen molar-refractivity contribution in [2.45, 2.75) is 39.0 Å². The molecule has 0 heterocycles. The van der Waals surface area contributed by atoms with E-state index in [9.17, 15) is 9.59 Å². The van der Waals surface area contributed by atoms with Crippen molar-refractivity contribution in [2.24, 2.45) is 5.92 Å². The van der Waals surface area contributed by atoms with E-state index < -0.39 is 0 Å². The summed E-state index contributed by atoms with van der Waals surface area (Å²) in [5, 5.41) is 0. The van der Waals surface area contributed by atoms with Crippen molar-refractivity contribution in [3.05, 3.63) is 12.7 Å². The van der Waals surface area contributed by atoms with Gasteiger partial charge in [0.2, 0.25) is 0 Å². The van der Waals surface area contributed by atoms with Crippen LogP contribution in [0.1, 0.15) is 39.0 Å². The molecule has 15 heavy (non-hydrogen) atoms. The Balaban J connectivity index is 3.80. The zero-order chi connectivity index (χ0) is 11.7. The molecule has 1 unspecified atom stereocenters. The second-order valence-electron chi connectivity index (χ2n) is 3.60. The number of ether oxygens (including phenoxy) is 1. The van der Waals surface area contributed by atoms with Gasteiger partial charge in [-0.3, -0.25) is 9.59 Å². The molecule has 0 aromatic rings. The predicted molar refractivity (Wildman–Crippen MR) is 59.5 cm³/mol. The van der Waals surface area contributed by atoms with Gasteiger partial charge in [-0.05, 0) is 12.3 Å². The molecular formula is C12H20O3. The Kier molecular flexibility index (Phi) is 7.60. The van der Waals surface area contributed by atoms with Crippen molar-refractivity contribution in [1.82, 2.24) is 0 Å². The van der Waals surface area contributed by atoms with Crippen LogP contribution in [0.25, 0.3) is 0 Å². The quantitative estimate of drug-likeness (QED) is 0.458. The van der Waals surface area contributed by atoms with E-state index in [1.165, 1.54) is 7.11 Å². The Morgan fingerprint density at radius 1 is 1.40 bits per heavy atom. The van der Waals surface area contributed by atoms with Crippen LogP contribution in [-0.4, -0.2) is 18.9 Å². The Labute approximate surface area is 91.5 Å². The Morgan fingerprint density at radius 3 is 2.53 bits per heavy atom. The van der Waals surface area contributed by atoms with E-state index in [-0.39, 0.29) is 30.5 Å². The third-order valence-electron chi connectivity index (χ3n) is 2.32. The molecule has 0 amide bonds. The maximum Gasteiger partial charge on any atom is 0.305 e. The molecule has 0 bridgehead atoms. The molecule has 0 saturated heterocycles. The standard InChI is InChI=1S/C12H20O3/c1-4-6-10(5-2)9-11(13)7-8-12(14)15-3/h5,10H,2,4,6-9H2,1,3H3. The van der Waals surface area contributed by atoms with Crippen molar-refractivity contribution in [3.63, 3.8) is 0 Å². The van der Waals surface area contributed by atoms with Gasteiger partial charge >= 0.3 is 5.97 Å². The van der Waals surface area contributed by atoms with Gasteiger partial charge in [0.25, 0.3) is 0 Å². The molecule has 0 aliphatic rings. The highest BCUT2D eigenvalue weighted by atomic mass is 16.5. The van der Waals surface area contributed by atoms with Crippen LogP contribution in [0.2, 0.25) is 0 Å². The van der Waals surface area contributed by atoms with Crippen molar-refractivity contribution >= 4 is 11.8 Å². The van der Waals surface area contributed by atoms with Gasteiger partial charge in [0.05, 0.1) is 13.5 Å². The number of allylic oxidation sites excluding steroid dienone is 1. The molecule has 3 nitrogen and oxygen atoms in total. The van der Waals surface area contributed by atoms with Gasteiger partial charge in [0, 0.05) is 12.8 Å². The average molecular weight is 212 g/mol. The van der Waals surface area contributed by atoms with Crippen LogP contribution in [0.15, 0.2) is 12.7 Å². The van der Waals surface area contributed by atoms with E-state index in [2.05, 4.69) is 18.2 Å². The lowest BCUT2D eigenvalue weighted by Crippen LogP contribution is -2.09. The average Bonchev–Trinajstić information content (AvgIpc) is 2.25. The lowest BCUT2D eigenvalue weighted by atomic mass is 9.96. The number of methoxy groups -OCH3 is 1. The second kappa shape index (κ2) is 8.21. The number of Topliss-reactive ketones (excluding diaryl/α,β-unsaturated/α-hetero) is 1. The fourth-order valence-corrected chi connectivity index (χ4v) is 1.41. The van der Waals surface area contributed by atoms with E-state index in [1.807, 2.05) is 6.08 Å². The molecule has 0 radical (unpaired) electrons. The molecular weight excluding hydrogens is 192 g/mol. The van der Waals surface area contributed by atoms with Crippen LogP contribution >= 0.6 is 0 Å². The first-order chi connectivity index (χ1) is 7.13. The number of hydrogen-bond donors (Lipinski definition) is 0. The van der Waals surface area contributed by atoms with Gasteiger partial charge in [0.15, 0.2) is 0 Å². The SMILES string of the molecule is C=CC(CCC)CC(=O)CCC(=O)OC. The monoisotopic (exact) mass is 212 g/mol. The van der Waals surface area contributed by atoms with E-state index in [4.69, 9.17) is 0 Å². The van der Waals surface area contributed by atoms with Gasteiger partial charge < -0.3 is 4.74 Å². The zero-order valence-corrected chi connectivity index (χ0v) is 9.62. The minimum absolute atomic E-state index is 0.110. The highest BCUT2D eigenvalue weighted by Crippen LogP contribution is 2.14. The van der Waals surface area contributed by atoms with E-state index in [0.717, 1.165) is 12.8 Å². The Bertz CT molecular complexity index is 221. The molecule has 86 valence electrons. The molecule has 3 heteroatoms. The maximum absolute atomic E-state index is 11.5. The van der Waals surface area contributed by atoms with Crippen molar-refractivity contribution in [2.75, 3.05) is 7.11 Å². The van der Waals surface area contributed by atoms with E-state index in [1.54, 1.807) is 0 Å². The summed E-state index contributed by atoms with van der Waals surface area (Å²) in [6.45, 7) is 5.78. The number of ketones is 1. The van der Waals surface area contributed by atoms with Crippen LogP contribution in [0, 0.1) is 5.92 Å². The third-order valence-corrected chi connectivity index (χ3v) is 2.32. The van der Waals surface area contributed by atoms with E-state index >= 15 is 0 Å². The molecule has 0 saturated carbocycles. The molecule has 0 fully saturated rings. The molecule has 1 atom stereocenters. The van der Waals surface area contributed by atoms with Gasteiger partial charge in [-0.1, -0.05) is 19.4 Å². The number of hydrogen-bond acceptors (Lipinski definition) is 3. The van der Waals surface area contributed by atoms with Gasteiger partial charge in [-0.15, -0.1) is 6.58 Å². The minimum Gasteiger partial charge on any atom is -0.469 e. The Morgan fingerprint density at radius 2 is 2.07 bits per heavy atom. The smallest absolute Gasteiger partial charge is 0.305 e. The van der Waals surface area contributed by atoms with E-state index in [0.29, 0.717) is 6.42 Å². The molecule has 0 aliphatic heterocycles. The Hall–Kier alpha value is -1.12. The minimum atomic E-state index is -0.325. The fraction of sp³-hybridized carbons (Fsp3) is 0.667. The van der Waals surface area contributed by atoms with Gasteiger partial charge in [-0.2, -0.15) is 0 Å². The van der Waals surface area contributed by atoms with Crippen LogP contribution in [0.5, 0.6) is 0 Å². The topological polar surface area (TPSA) is 43.4 Å². The summed E-state index contributed by atoms with van der Waals surface area (Å²) < 4.78 is 4.47. The normalized spacial score (nSPS) is 11.9. The van der Waals surface area contributed by atoms with Crippen LogP contribution in [0.4, 0.5) is 0 Å². The summed E-state index contributed by atoms with van der Waals surface area (Å²) in [4.78, 5) is 22.3. The molecule has 0 N–H and O–H groups in total. The third kappa shape index (κ3) is 6.89. The largest absolute Gasteiger partial charge is 0.469 e. The van der Waals surface area contributed by atoms with Crippen molar-refractivity contribution in [1.29, 1.82) is 0 Å². The number of carbonyl (C=O) groups excluding carboxylic acids is 2. The first kappa shape index (κ1) is 13.9. The molecule has 0 aromatic heterocycles. The second-order valence-corrected chi connectivity index (χ2v) is 3.60. The number of rotatable bonds is 8. The highest BCUT2D eigenvalue weighted by molar-refractivity contribution is 5.83. The molecule has 0 spiro atoms. The van der Waals surface area contributed by atoms with Crippen LogP contribution < -0.4 is 0 Å². The summed E-state index contributed by atoms with van der Waals surface area (Å²) in [5.74, 6) is 0.0351. The van der Waals surface area contributed by atoms with Crippen LogP contribution in [0.3, 0.4) is 0 Å². The van der Waals surface area contributed by atoms with Crippen LogP contribution in [-0.2, 0) is 14.3 Å². The molecule has 0 rings (SSSR count). The summed E-state index contributed by atoms with van der Waals surface area (Å²) >= 11 is 0. The lowest BCUT2D eigenvalue weighted by molar-refractivity contribution is -0.142. The fourth-order valence-electron chi connectivity index (χ4n) is 1.41. The molecule has 0 aliphatic carbocycles. The zero-order valence-electron chi connectivity index (χ0n) is 9.62. The lowest BCUT2D eigenvalue weighted by Gasteiger charge is -2.09. The summed E-state index contributed by atoms with van der Waals surface area (Å²) in [6, 6.07) is 0. The first-order valence-corrected chi connectivity index (χ1v) is 5.35. The van der Waals surface area contributed by atoms with Crippen molar-refractivity contribution < 1.29 is 14.3 Å². The summed E-state index contributed by atoms with van der Waals surface area (Å²) in [5.41, 5.74) is 0. The number of esters is 1. The highest BCUT2D eigenvalue weighted by Gasteiger charge is 2.11. The van der Waals surface area contributed by atoms with Crippen molar-refractivity contribution in [3.8, 4) is 0 Å². The summed E-state index contributed by atoms with van der Waals surface area (Å²) in [7, 11) is 1.33. The predicted octanol–water partition coefficient (Wildman–Crippen LogP) is 2.50. The molecule has 0 aromatic carbocycles. The first-order valence-electron chi connectivity index (χ1n) is 5.35. The summed E-state index contributed by atoms with van der Waals surface area (Å²) in [6.07, 6.45) is 4.80. The van der Waals surface area contributed by atoms with Gasteiger partial charge in [0.1, 0.15) is 5.78 Å².